The van der Waals surface area contributed by atoms with Crippen molar-refractivity contribution in [1.29, 1.82) is 0 Å². The average molecular weight is 191 g/mol. The van der Waals surface area contributed by atoms with Gasteiger partial charge in [0.05, 0.1) is 6.61 Å². The van der Waals surface area contributed by atoms with Crippen molar-refractivity contribution in [3.8, 4) is 0 Å². The second-order valence-electron chi connectivity index (χ2n) is 4.52. The van der Waals surface area contributed by atoms with Gasteiger partial charge in [0.15, 0.2) is 0 Å². The van der Waals surface area contributed by atoms with Crippen molar-refractivity contribution >= 4 is 0 Å². The lowest BCUT2D eigenvalue weighted by molar-refractivity contribution is 0.0987. The highest BCUT2D eigenvalue weighted by atomic mass is 16.5. The highest BCUT2D eigenvalue weighted by Crippen LogP contribution is 2.16. The molecular weight excluding hydrogens is 174 g/mol. The molecule has 0 amide bonds. The first-order chi connectivity index (χ1) is 6.66. The van der Waals surface area contributed by atoms with Gasteiger partial charge in [0, 0.05) is 12.0 Å². The van der Waals surface area contributed by atoms with Crippen LogP contribution in [0.4, 0.5) is 0 Å². The molecule has 1 atom stereocenters. The minimum absolute atomic E-state index is 0.124. The Morgan fingerprint density at radius 1 is 1.36 bits per heavy atom. The highest BCUT2D eigenvalue weighted by molar-refractivity contribution is 5.15. The van der Waals surface area contributed by atoms with Crippen LogP contribution in [0.3, 0.4) is 0 Å². The summed E-state index contributed by atoms with van der Waals surface area (Å²) in [5, 5.41) is 3.46. The largest absolute Gasteiger partial charge is 0.361 e. The molecule has 1 saturated heterocycles. The molecule has 1 unspecified atom stereocenters. The van der Waals surface area contributed by atoms with Gasteiger partial charge in [0.25, 0.3) is 0 Å². The first-order valence-corrected chi connectivity index (χ1v) is 5.09. The van der Waals surface area contributed by atoms with E-state index >= 15 is 0 Å². The number of rotatable bonds is 2. The third-order valence-corrected chi connectivity index (χ3v) is 2.46. The topological polar surface area (TPSA) is 21.3 Å². The van der Waals surface area contributed by atoms with Gasteiger partial charge < -0.3 is 4.74 Å². The predicted molar refractivity (Wildman–Crippen MR) is 57.1 cm³/mol. The Hall–Kier alpha value is -0.860. The van der Waals surface area contributed by atoms with Crippen LogP contribution in [0.15, 0.2) is 30.3 Å². The third kappa shape index (κ3) is 2.34. The average Bonchev–Trinajstić information content (AvgIpc) is 2.47. The van der Waals surface area contributed by atoms with Crippen LogP contribution in [0.25, 0.3) is 0 Å². The fourth-order valence-corrected chi connectivity index (χ4v) is 1.77. The van der Waals surface area contributed by atoms with Gasteiger partial charge in [-0.15, -0.1) is 0 Å². The second kappa shape index (κ2) is 3.71. The van der Waals surface area contributed by atoms with Crippen LogP contribution >= 0.6 is 0 Å². The Morgan fingerprint density at radius 3 is 2.64 bits per heavy atom. The first-order valence-electron chi connectivity index (χ1n) is 5.09. The van der Waals surface area contributed by atoms with Gasteiger partial charge >= 0.3 is 0 Å². The maximum absolute atomic E-state index is 5.66. The summed E-state index contributed by atoms with van der Waals surface area (Å²) in [6.07, 6.45) is 1.12. The summed E-state index contributed by atoms with van der Waals surface area (Å²) < 4.78 is 5.66. The number of nitrogens with one attached hydrogen (secondary N) is 1. The van der Waals surface area contributed by atoms with Gasteiger partial charge in [0.2, 0.25) is 0 Å². The number of hydrogen-bond donors (Lipinski definition) is 1. The van der Waals surface area contributed by atoms with Crippen molar-refractivity contribution in [2.24, 2.45) is 0 Å². The first kappa shape index (κ1) is 9.69. The zero-order chi connectivity index (χ0) is 10.0. The fourth-order valence-electron chi connectivity index (χ4n) is 1.77. The van der Waals surface area contributed by atoms with Gasteiger partial charge in [-0.25, -0.2) is 0 Å². The minimum Gasteiger partial charge on any atom is -0.361 e. The van der Waals surface area contributed by atoms with E-state index in [4.69, 9.17) is 4.74 Å². The molecule has 1 aliphatic rings. The number of benzene rings is 1. The highest BCUT2D eigenvalue weighted by Gasteiger charge is 2.30. The molecule has 1 aromatic carbocycles. The molecule has 2 heteroatoms. The molecule has 14 heavy (non-hydrogen) atoms. The Morgan fingerprint density at radius 2 is 2.07 bits per heavy atom. The van der Waals surface area contributed by atoms with Crippen molar-refractivity contribution in [3.05, 3.63) is 35.9 Å². The lowest BCUT2D eigenvalue weighted by Gasteiger charge is -2.16. The van der Waals surface area contributed by atoms with E-state index in [0.29, 0.717) is 0 Å². The van der Waals surface area contributed by atoms with Gasteiger partial charge in [-0.2, -0.15) is 0 Å². The van der Waals surface area contributed by atoms with Crippen molar-refractivity contribution in [1.82, 2.24) is 5.32 Å². The van der Waals surface area contributed by atoms with E-state index < -0.39 is 0 Å². The van der Waals surface area contributed by atoms with Crippen molar-refractivity contribution in [2.45, 2.75) is 32.0 Å². The summed E-state index contributed by atoms with van der Waals surface area (Å²) >= 11 is 0. The Bertz CT molecular complexity index is 294. The van der Waals surface area contributed by atoms with Crippen molar-refractivity contribution in [2.75, 3.05) is 6.61 Å². The maximum atomic E-state index is 5.66. The minimum atomic E-state index is 0.124. The lowest BCUT2D eigenvalue weighted by Crippen LogP contribution is -2.39. The van der Waals surface area contributed by atoms with E-state index in [1.165, 1.54) is 5.56 Å². The van der Waals surface area contributed by atoms with E-state index in [1.807, 2.05) is 6.07 Å². The van der Waals surface area contributed by atoms with Crippen LogP contribution in [0.2, 0.25) is 0 Å². The summed E-state index contributed by atoms with van der Waals surface area (Å²) in [5.74, 6) is 0. The van der Waals surface area contributed by atoms with Crippen molar-refractivity contribution in [3.63, 3.8) is 0 Å². The van der Waals surface area contributed by atoms with Crippen LogP contribution in [-0.2, 0) is 11.2 Å². The molecule has 1 fully saturated rings. The third-order valence-electron chi connectivity index (χ3n) is 2.46. The monoisotopic (exact) mass is 191 g/mol. The van der Waals surface area contributed by atoms with Crippen LogP contribution in [0.5, 0.6) is 0 Å². The zero-order valence-corrected chi connectivity index (χ0v) is 8.79. The molecule has 1 heterocycles. The van der Waals surface area contributed by atoms with Crippen LogP contribution in [-0.4, -0.2) is 18.4 Å². The van der Waals surface area contributed by atoms with Crippen LogP contribution < -0.4 is 5.32 Å². The molecule has 1 N–H and O–H groups in total. The van der Waals surface area contributed by atoms with Crippen LogP contribution in [0, 0.1) is 0 Å². The lowest BCUT2D eigenvalue weighted by atomic mass is 10.1. The molecule has 0 aromatic heterocycles. The molecule has 0 radical (unpaired) electrons. The molecule has 1 aromatic rings. The van der Waals surface area contributed by atoms with E-state index in [1.54, 1.807) is 0 Å². The molecule has 2 rings (SSSR count). The molecule has 2 nitrogen and oxygen atoms in total. The van der Waals surface area contributed by atoms with Gasteiger partial charge in [0.1, 0.15) is 6.23 Å². The summed E-state index contributed by atoms with van der Waals surface area (Å²) in [4.78, 5) is 0. The molecular formula is C12H17NO. The molecule has 1 aliphatic heterocycles. The maximum Gasteiger partial charge on any atom is 0.112 e. The van der Waals surface area contributed by atoms with Crippen molar-refractivity contribution < 1.29 is 4.74 Å². The molecule has 0 bridgehead atoms. The SMILES string of the molecule is CC1(C)COC(Cc2ccccc2)N1. The normalized spacial score (nSPS) is 25.1. The summed E-state index contributed by atoms with van der Waals surface area (Å²) in [5.41, 5.74) is 1.45. The standard InChI is InChI=1S/C12H17NO/c1-12(2)9-14-11(13-12)8-10-6-4-3-5-7-10/h3-7,11,13H,8-9H2,1-2H3. The second-order valence-corrected chi connectivity index (χ2v) is 4.52. The zero-order valence-electron chi connectivity index (χ0n) is 8.79. The van der Waals surface area contributed by atoms with E-state index in [9.17, 15) is 0 Å². The Labute approximate surface area is 85.3 Å². The van der Waals surface area contributed by atoms with E-state index in [-0.39, 0.29) is 11.8 Å². The van der Waals surface area contributed by atoms with Gasteiger partial charge in [-0.3, -0.25) is 5.32 Å². The summed E-state index contributed by atoms with van der Waals surface area (Å²) in [6, 6.07) is 10.4. The number of ether oxygens (including phenoxy) is 1. The predicted octanol–water partition coefficient (Wildman–Crippen LogP) is 1.95. The molecule has 0 saturated carbocycles. The van der Waals surface area contributed by atoms with Crippen LogP contribution in [0.1, 0.15) is 19.4 Å². The smallest absolute Gasteiger partial charge is 0.112 e. The van der Waals surface area contributed by atoms with E-state index in [2.05, 4.69) is 43.4 Å². The van der Waals surface area contributed by atoms with Gasteiger partial charge in [-0.05, 0) is 19.4 Å². The summed E-state index contributed by atoms with van der Waals surface area (Å²) in [7, 11) is 0. The molecule has 76 valence electrons. The Balaban J connectivity index is 1.94. The van der Waals surface area contributed by atoms with E-state index in [0.717, 1.165) is 13.0 Å². The molecule has 0 aliphatic carbocycles. The van der Waals surface area contributed by atoms with Gasteiger partial charge in [-0.1, -0.05) is 30.3 Å². The summed E-state index contributed by atoms with van der Waals surface area (Å²) in [6.45, 7) is 5.13. The fraction of sp³-hybridized carbons (Fsp3) is 0.500. The Kier molecular flexibility index (Phi) is 2.57. The quantitative estimate of drug-likeness (QED) is 0.771. The number of hydrogen-bond acceptors (Lipinski definition) is 2. The molecule has 0 spiro atoms.